The molecule has 0 bridgehead atoms. The smallest absolute Gasteiger partial charge is 0.294 e. The zero-order valence-electron chi connectivity index (χ0n) is 20.5. The van der Waals surface area contributed by atoms with Gasteiger partial charge in [0.25, 0.3) is 0 Å². The van der Waals surface area contributed by atoms with Gasteiger partial charge in [0.05, 0.1) is 5.75 Å². The van der Waals surface area contributed by atoms with Crippen LogP contribution in [0.2, 0.25) is 0 Å². The molecule has 1 aliphatic rings. The van der Waals surface area contributed by atoms with E-state index in [0.717, 1.165) is 43.3 Å². The number of ketones is 1. The van der Waals surface area contributed by atoms with Crippen LogP contribution in [0, 0.1) is 12.3 Å². The second-order valence-electron chi connectivity index (χ2n) is 9.15. The number of alkyl halides is 3. The number of rotatable bonds is 7. The lowest BCUT2D eigenvalue weighted by atomic mass is 9.68. The highest BCUT2D eigenvalue weighted by Crippen LogP contribution is 2.45. The molecule has 0 fully saturated rings. The number of benzene rings is 1. The minimum Gasteiger partial charge on any atom is -0.294 e. The topological polar surface area (TPSA) is 17.1 Å². The summed E-state index contributed by atoms with van der Waals surface area (Å²) < 4.78 is 33.8. The van der Waals surface area contributed by atoms with Crippen LogP contribution in [0.4, 0.5) is 13.2 Å². The van der Waals surface area contributed by atoms with E-state index in [2.05, 4.69) is 59.2 Å². The first-order chi connectivity index (χ1) is 14.8. The Kier molecular flexibility index (Phi) is 10.7. The summed E-state index contributed by atoms with van der Waals surface area (Å²) in [6, 6.07) is 4.49. The number of halogens is 3. The second-order valence-corrected chi connectivity index (χ2v) is 11.0. The summed E-state index contributed by atoms with van der Waals surface area (Å²) in [5.41, 5.74) is 7.27. The lowest BCUT2D eigenvalue weighted by Gasteiger charge is -2.35. The first-order valence-corrected chi connectivity index (χ1v) is 13.3. The number of carbonyl (C=O) groups is 1. The first-order valence-electron chi connectivity index (χ1n) is 11.3. The molecule has 2 atom stereocenters. The Morgan fingerprint density at radius 2 is 1.66 bits per heavy atom. The molecule has 0 N–H and O–H groups in total. The van der Waals surface area contributed by atoms with Crippen LogP contribution in [0.25, 0.3) is 5.57 Å². The fourth-order valence-corrected chi connectivity index (χ4v) is 5.18. The predicted octanol–water partition coefficient (Wildman–Crippen LogP) is 8.11. The van der Waals surface area contributed by atoms with Crippen LogP contribution in [0.3, 0.4) is 0 Å². The molecule has 1 aromatic carbocycles. The fraction of sp³-hybridized carbons (Fsp3) is 0.556. The van der Waals surface area contributed by atoms with Crippen molar-refractivity contribution in [3.63, 3.8) is 0 Å². The molecule has 2 rings (SSSR count). The summed E-state index contributed by atoms with van der Waals surface area (Å²) in [4.78, 5) is 13.2. The molecule has 0 saturated carbocycles. The second kappa shape index (κ2) is 12.0. The summed E-state index contributed by atoms with van der Waals surface area (Å²) >= 11 is 0. The largest absolute Gasteiger partial charge is 0.397 e. The van der Waals surface area contributed by atoms with Gasteiger partial charge in [-0.3, -0.25) is 4.79 Å². The van der Waals surface area contributed by atoms with E-state index in [0.29, 0.717) is 12.2 Å². The van der Waals surface area contributed by atoms with Gasteiger partial charge in [-0.25, -0.2) is 0 Å². The average molecular weight is 469 g/mol. The Balaban J connectivity index is 0.000000547. The van der Waals surface area contributed by atoms with E-state index in [4.69, 9.17) is 0 Å². The van der Waals surface area contributed by atoms with Crippen molar-refractivity contribution in [3.8, 4) is 0 Å². The van der Waals surface area contributed by atoms with Gasteiger partial charge in [0, 0.05) is 12.0 Å². The van der Waals surface area contributed by atoms with Gasteiger partial charge in [0.2, 0.25) is 0 Å². The van der Waals surface area contributed by atoms with E-state index in [1.807, 2.05) is 6.08 Å². The van der Waals surface area contributed by atoms with Gasteiger partial charge in [0.1, 0.15) is 0 Å². The third-order valence-corrected chi connectivity index (χ3v) is 6.59. The maximum absolute atomic E-state index is 13.2. The van der Waals surface area contributed by atoms with Gasteiger partial charge < -0.3 is 0 Å². The maximum Gasteiger partial charge on any atom is 0.397 e. The van der Waals surface area contributed by atoms with E-state index in [1.54, 1.807) is 0 Å². The molecule has 0 saturated heterocycles. The standard InChI is InChI=1S/C23H32O.C4H7F3S/c1-7-11-23(6)14-19(10-4)22(20(24)15-23)21-17(8-2)12-16(5)13-18(21)9-3;1-8(2)3-4(5,6)7/h10,12-13H,4,7-9,11,14-15H2,1-3,5-6H3;1,3H2,2H3. The number of carbonyl (C=O) groups excluding carboxylic acids is 1. The molecule has 1 aliphatic carbocycles. The Morgan fingerprint density at radius 3 is 2.00 bits per heavy atom. The van der Waals surface area contributed by atoms with Crippen molar-refractivity contribution in [2.75, 3.05) is 12.0 Å². The third-order valence-electron chi connectivity index (χ3n) is 5.77. The molecule has 2 unspecified atom stereocenters. The van der Waals surface area contributed by atoms with Crippen LogP contribution in [0.5, 0.6) is 0 Å². The van der Waals surface area contributed by atoms with Gasteiger partial charge in [-0.05, 0) is 66.5 Å². The van der Waals surface area contributed by atoms with E-state index >= 15 is 0 Å². The van der Waals surface area contributed by atoms with Crippen molar-refractivity contribution >= 4 is 27.7 Å². The van der Waals surface area contributed by atoms with Gasteiger partial charge in [-0.15, -0.1) is 0 Å². The van der Waals surface area contributed by atoms with Crippen LogP contribution in [0.15, 0.2) is 30.4 Å². The van der Waals surface area contributed by atoms with Crippen molar-refractivity contribution in [1.82, 2.24) is 0 Å². The average Bonchev–Trinajstić information content (AvgIpc) is 2.65. The van der Waals surface area contributed by atoms with E-state index in [-0.39, 0.29) is 5.41 Å². The highest BCUT2D eigenvalue weighted by molar-refractivity contribution is 8.13. The van der Waals surface area contributed by atoms with E-state index < -0.39 is 22.4 Å². The molecule has 5 heteroatoms. The number of aryl methyl sites for hydroxylation is 3. The summed E-state index contributed by atoms with van der Waals surface area (Å²) in [6.45, 7) is 15.0. The van der Waals surface area contributed by atoms with Crippen molar-refractivity contribution < 1.29 is 18.0 Å². The van der Waals surface area contributed by atoms with Crippen LogP contribution in [-0.4, -0.2) is 29.8 Å². The van der Waals surface area contributed by atoms with Gasteiger partial charge in [-0.1, -0.05) is 70.3 Å². The molecule has 0 aromatic heterocycles. The Morgan fingerprint density at radius 1 is 1.12 bits per heavy atom. The molecule has 180 valence electrons. The number of hydrogen-bond acceptors (Lipinski definition) is 1. The Bertz CT molecular complexity index is 854. The van der Waals surface area contributed by atoms with Crippen LogP contribution in [0.1, 0.15) is 75.6 Å². The molecule has 1 aromatic rings. The summed E-state index contributed by atoms with van der Waals surface area (Å²) in [6.07, 6.45) is 5.12. The molecular weight excluding hydrogens is 429 g/mol. The predicted molar refractivity (Wildman–Crippen MR) is 136 cm³/mol. The third kappa shape index (κ3) is 8.06. The minimum absolute atomic E-state index is 0.0856. The summed E-state index contributed by atoms with van der Waals surface area (Å²) in [7, 11) is -0.760. The zero-order chi connectivity index (χ0) is 24.7. The normalized spacial score (nSPS) is 20.0. The van der Waals surface area contributed by atoms with Gasteiger partial charge in [-0.2, -0.15) is 23.7 Å². The quantitative estimate of drug-likeness (QED) is 0.369. The number of hydrogen-bond donors (Lipinski definition) is 0. The Hall–Kier alpha value is -1.62. The molecule has 0 radical (unpaired) electrons. The molecule has 0 aliphatic heterocycles. The SMILES string of the molecule is C=CC1=C(c2c(CC)cc(C)cc2CC)C(=O)CC(C)(CCC)C1.C=S(C)CC(F)(F)F. The van der Waals surface area contributed by atoms with Crippen molar-refractivity contribution in [2.45, 2.75) is 79.3 Å². The van der Waals surface area contributed by atoms with E-state index in [9.17, 15) is 18.0 Å². The summed E-state index contributed by atoms with van der Waals surface area (Å²) in [5.74, 6) is 2.78. The van der Waals surface area contributed by atoms with Crippen molar-refractivity contribution in [3.05, 3.63) is 52.6 Å². The zero-order valence-corrected chi connectivity index (χ0v) is 21.4. The molecule has 1 nitrogen and oxygen atoms in total. The molecular formula is C27H39F3OS. The number of allylic oxidation sites excluding steroid dienone is 3. The van der Waals surface area contributed by atoms with Crippen LogP contribution >= 0.6 is 10.5 Å². The van der Waals surface area contributed by atoms with Crippen molar-refractivity contribution in [1.29, 1.82) is 0 Å². The molecule has 32 heavy (non-hydrogen) atoms. The molecule has 0 amide bonds. The summed E-state index contributed by atoms with van der Waals surface area (Å²) in [5, 5.41) is 0. The molecule has 0 heterocycles. The lowest BCUT2D eigenvalue weighted by Crippen LogP contribution is -2.28. The minimum atomic E-state index is -4.03. The van der Waals surface area contributed by atoms with Gasteiger partial charge >= 0.3 is 6.18 Å². The maximum atomic E-state index is 13.2. The monoisotopic (exact) mass is 468 g/mol. The van der Waals surface area contributed by atoms with Crippen LogP contribution in [-0.2, 0) is 17.6 Å². The first kappa shape index (κ1) is 28.4. The van der Waals surface area contributed by atoms with E-state index in [1.165, 1.54) is 28.5 Å². The highest BCUT2D eigenvalue weighted by atomic mass is 32.2. The lowest BCUT2D eigenvalue weighted by molar-refractivity contribution is -0.116. The van der Waals surface area contributed by atoms with Crippen molar-refractivity contribution in [2.24, 2.45) is 5.41 Å². The number of Topliss-reactive ketones (excluding diaryl/α,β-unsaturated/α-hetero) is 1. The fourth-order valence-electron chi connectivity index (χ4n) is 4.62. The Labute approximate surface area is 195 Å². The highest BCUT2D eigenvalue weighted by Gasteiger charge is 2.36. The van der Waals surface area contributed by atoms with Gasteiger partial charge in [0.15, 0.2) is 5.78 Å². The molecule has 0 spiro atoms. The van der Waals surface area contributed by atoms with Crippen LogP contribution < -0.4 is 0 Å².